The monoisotopic (exact) mass is 475 g/mol. The molecule has 2 heterocycles. The van der Waals surface area contributed by atoms with Gasteiger partial charge in [-0.15, -0.1) is 0 Å². The lowest BCUT2D eigenvalue weighted by Crippen LogP contribution is -2.45. The van der Waals surface area contributed by atoms with Gasteiger partial charge >= 0.3 is 5.97 Å². The molecule has 1 amide bonds. The Labute approximate surface area is 201 Å². The molecule has 3 atom stereocenters. The van der Waals surface area contributed by atoms with Gasteiger partial charge in [-0.1, -0.05) is 43.3 Å². The molecular weight excluding hydrogens is 452 g/mol. The largest absolute Gasteiger partial charge is 0.460 e. The van der Waals surface area contributed by atoms with Gasteiger partial charge in [0.15, 0.2) is 0 Å². The second-order valence-electron chi connectivity index (χ2n) is 8.87. The number of amides is 1. The van der Waals surface area contributed by atoms with Crippen LogP contribution in [-0.4, -0.2) is 24.0 Å². The SMILES string of the molecule is CC1CC(C(Cc2cc(F)cc(F)c2)NC(=O)C2=Cc3ccccc3Oc3ccccc32)OC1=O. The molecule has 5 rings (SSSR count). The van der Waals surface area contributed by atoms with E-state index in [4.69, 9.17) is 9.47 Å². The van der Waals surface area contributed by atoms with Crippen molar-refractivity contribution in [1.29, 1.82) is 0 Å². The van der Waals surface area contributed by atoms with Gasteiger partial charge in [0, 0.05) is 17.2 Å². The Balaban J connectivity index is 1.49. The molecule has 3 aromatic carbocycles. The van der Waals surface area contributed by atoms with Gasteiger partial charge in [-0.25, -0.2) is 8.78 Å². The molecule has 178 valence electrons. The van der Waals surface area contributed by atoms with Crippen LogP contribution in [-0.2, 0) is 20.7 Å². The van der Waals surface area contributed by atoms with Crippen LogP contribution in [0, 0.1) is 17.6 Å². The minimum absolute atomic E-state index is 0.0904. The molecule has 2 aliphatic heterocycles. The fraction of sp³-hybridized carbons (Fsp3) is 0.214. The number of nitrogens with one attached hydrogen (secondary N) is 1. The Morgan fingerprint density at radius 3 is 2.43 bits per heavy atom. The van der Waals surface area contributed by atoms with E-state index in [1.807, 2.05) is 36.4 Å². The van der Waals surface area contributed by atoms with Crippen LogP contribution < -0.4 is 10.1 Å². The Bertz CT molecular complexity index is 1320. The van der Waals surface area contributed by atoms with Crippen LogP contribution in [0.25, 0.3) is 11.6 Å². The van der Waals surface area contributed by atoms with Crippen molar-refractivity contribution >= 4 is 23.5 Å². The molecule has 2 aliphatic rings. The third-order valence-electron chi connectivity index (χ3n) is 6.26. The fourth-order valence-corrected chi connectivity index (χ4v) is 4.52. The first-order valence-electron chi connectivity index (χ1n) is 11.4. The molecule has 0 radical (unpaired) electrons. The van der Waals surface area contributed by atoms with E-state index < -0.39 is 29.7 Å². The summed E-state index contributed by atoms with van der Waals surface area (Å²) >= 11 is 0. The van der Waals surface area contributed by atoms with Crippen LogP contribution in [0.2, 0.25) is 0 Å². The first-order valence-corrected chi connectivity index (χ1v) is 11.4. The number of rotatable bonds is 5. The maximum atomic E-state index is 13.8. The zero-order valence-corrected chi connectivity index (χ0v) is 19.0. The summed E-state index contributed by atoms with van der Waals surface area (Å²) in [5, 5.41) is 2.97. The van der Waals surface area contributed by atoms with Crippen molar-refractivity contribution in [2.75, 3.05) is 0 Å². The molecule has 3 unspecified atom stereocenters. The first kappa shape index (κ1) is 22.8. The van der Waals surface area contributed by atoms with Crippen molar-refractivity contribution in [3.8, 4) is 11.5 Å². The fourth-order valence-electron chi connectivity index (χ4n) is 4.52. The quantitative estimate of drug-likeness (QED) is 0.510. The average Bonchev–Trinajstić information content (AvgIpc) is 3.06. The van der Waals surface area contributed by atoms with Gasteiger partial charge in [0.2, 0.25) is 0 Å². The van der Waals surface area contributed by atoms with Crippen molar-refractivity contribution < 1.29 is 27.8 Å². The highest BCUT2D eigenvalue weighted by atomic mass is 19.1. The Morgan fingerprint density at radius 2 is 1.71 bits per heavy atom. The van der Waals surface area contributed by atoms with E-state index in [1.165, 1.54) is 12.1 Å². The molecule has 0 aromatic heterocycles. The molecule has 0 aliphatic carbocycles. The summed E-state index contributed by atoms with van der Waals surface area (Å²) < 4.78 is 39.3. The summed E-state index contributed by atoms with van der Waals surface area (Å²) in [4.78, 5) is 25.8. The van der Waals surface area contributed by atoms with Crippen LogP contribution in [0.5, 0.6) is 11.5 Å². The number of fused-ring (bicyclic) bond motifs is 2. The van der Waals surface area contributed by atoms with E-state index in [1.54, 1.807) is 25.1 Å². The molecule has 1 N–H and O–H groups in total. The van der Waals surface area contributed by atoms with Gasteiger partial charge in [0.05, 0.1) is 17.5 Å². The number of hydrogen-bond acceptors (Lipinski definition) is 4. The average molecular weight is 475 g/mol. The molecule has 0 bridgehead atoms. The molecule has 1 saturated heterocycles. The van der Waals surface area contributed by atoms with Crippen molar-refractivity contribution in [1.82, 2.24) is 5.32 Å². The van der Waals surface area contributed by atoms with Gasteiger partial charge in [-0.3, -0.25) is 9.59 Å². The summed E-state index contributed by atoms with van der Waals surface area (Å²) in [6.45, 7) is 1.75. The Kier molecular flexibility index (Phi) is 6.07. The number of para-hydroxylation sites is 2. The number of halogens is 2. The molecule has 3 aromatic rings. The maximum Gasteiger partial charge on any atom is 0.309 e. The number of cyclic esters (lactones) is 1. The van der Waals surface area contributed by atoms with E-state index >= 15 is 0 Å². The van der Waals surface area contributed by atoms with Crippen molar-refractivity contribution in [2.45, 2.75) is 31.9 Å². The number of carbonyl (C=O) groups excluding carboxylic acids is 2. The second-order valence-corrected chi connectivity index (χ2v) is 8.87. The Morgan fingerprint density at radius 1 is 1.03 bits per heavy atom. The minimum atomic E-state index is -0.712. The molecular formula is C28H23F2NO4. The molecule has 0 spiro atoms. The molecule has 0 saturated carbocycles. The number of ether oxygens (including phenoxy) is 2. The number of hydrogen-bond donors (Lipinski definition) is 1. The van der Waals surface area contributed by atoms with Crippen LogP contribution in [0.3, 0.4) is 0 Å². The third kappa shape index (κ3) is 4.80. The van der Waals surface area contributed by atoms with Gasteiger partial charge in [0.1, 0.15) is 29.2 Å². The van der Waals surface area contributed by atoms with Crippen molar-refractivity contribution in [2.24, 2.45) is 5.92 Å². The smallest absolute Gasteiger partial charge is 0.309 e. The van der Waals surface area contributed by atoms with Crippen LogP contribution >= 0.6 is 0 Å². The predicted molar refractivity (Wildman–Crippen MR) is 126 cm³/mol. The lowest BCUT2D eigenvalue weighted by atomic mass is 9.95. The summed E-state index contributed by atoms with van der Waals surface area (Å²) in [5.74, 6) is -1.37. The van der Waals surface area contributed by atoms with Gasteiger partial charge in [-0.2, -0.15) is 0 Å². The van der Waals surface area contributed by atoms with Crippen molar-refractivity contribution in [3.05, 3.63) is 95.1 Å². The summed E-state index contributed by atoms with van der Waals surface area (Å²) in [6, 6.07) is 17.1. The highest BCUT2D eigenvalue weighted by Crippen LogP contribution is 2.38. The normalized spacial score (nSPS) is 19.4. The zero-order chi connectivity index (χ0) is 24.5. The highest BCUT2D eigenvalue weighted by Gasteiger charge is 2.38. The summed E-state index contributed by atoms with van der Waals surface area (Å²) in [5.41, 5.74) is 2.07. The summed E-state index contributed by atoms with van der Waals surface area (Å²) in [7, 11) is 0. The van der Waals surface area contributed by atoms with Gasteiger partial charge in [-0.05, 0) is 48.7 Å². The molecule has 5 nitrogen and oxygen atoms in total. The lowest BCUT2D eigenvalue weighted by molar-refractivity contribution is -0.145. The Hall–Kier alpha value is -4.00. The second kappa shape index (κ2) is 9.33. The number of esters is 1. The zero-order valence-electron chi connectivity index (χ0n) is 19.0. The third-order valence-corrected chi connectivity index (χ3v) is 6.26. The molecule has 1 fully saturated rings. The van der Waals surface area contributed by atoms with Gasteiger partial charge < -0.3 is 14.8 Å². The predicted octanol–water partition coefficient (Wildman–Crippen LogP) is 5.29. The van der Waals surface area contributed by atoms with E-state index in [0.29, 0.717) is 34.6 Å². The van der Waals surface area contributed by atoms with Crippen LogP contribution in [0.1, 0.15) is 30.0 Å². The first-order chi connectivity index (χ1) is 16.9. The highest BCUT2D eigenvalue weighted by molar-refractivity contribution is 6.25. The molecule has 35 heavy (non-hydrogen) atoms. The number of carbonyl (C=O) groups is 2. The van der Waals surface area contributed by atoms with E-state index in [-0.39, 0.29) is 18.3 Å². The van der Waals surface area contributed by atoms with Crippen molar-refractivity contribution in [3.63, 3.8) is 0 Å². The number of benzene rings is 3. The van der Waals surface area contributed by atoms with E-state index in [0.717, 1.165) is 11.6 Å². The summed E-state index contributed by atoms with van der Waals surface area (Å²) in [6.07, 6.45) is 1.60. The minimum Gasteiger partial charge on any atom is -0.460 e. The molecule has 7 heteroatoms. The van der Waals surface area contributed by atoms with E-state index in [2.05, 4.69) is 5.32 Å². The van der Waals surface area contributed by atoms with Crippen LogP contribution in [0.4, 0.5) is 8.78 Å². The van der Waals surface area contributed by atoms with E-state index in [9.17, 15) is 18.4 Å². The topological polar surface area (TPSA) is 64.6 Å². The van der Waals surface area contributed by atoms with Crippen LogP contribution in [0.15, 0.2) is 66.7 Å². The lowest BCUT2D eigenvalue weighted by Gasteiger charge is -2.25. The maximum absolute atomic E-state index is 13.8. The van der Waals surface area contributed by atoms with Gasteiger partial charge in [0.25, 0.3) is 5.91 Å². The standard InChI is InChI=1S/C28H23F2NO4/c1-16-10-26(35-28(16)33)23(13-17-11-19(29)15-20(30)12-17)31-27(32)22-14-18-6-2-4-8-24(18)34-25-9-5-3-7-21(22)25/h2-9,11-12,14-16,23,26H,10,13H2,1H3,(H,31,32).